The molecule has 2 heterocycles. The Bertz CT molecular complexity index is 552. The van der Waals surface area contributed by atoms with E-state index in [1.807, 2.05) is 27.8 Å². The topological polar surface area (TPSA) is 97.7 Å². The highest BCUT2D eigenvalue weighted by Crippen LogP contribution is 2.24. The minimum atomic E-state index is -0.864. The van der Waals surface area contributed by atoms with E-state index < -0.39 is 17.0 Å². The molecule has 0 spiro atoms. The average Bonchev–Trinajstić information content (AvgIpc) is 2.61. The van der Waals surface area contributed by atoms with E-state index in [2.05, 4.69) is 21.6 Å². The lowest BCUT2D eigenvalue weighted by Gasteiger charge is -2.39. The van der Waals surface area contributed by atoms with Crippen LogP contribution in [0, 0.1) is 16.7 Å². The number of nitrogens with one attached hydrogen (secondary N) is 2. The predicted octanol–water partition coefficient (Wildman–Crippen LogP) is 0.547. The first kappa shape index (κ1) is 20.5. The number of hydrogen-bond acceptors (Lipinski definition) is 5. The van der Waals surface area contributed by atoms with Crippen molar-refractivity contribution in [1.29, 1.82) is 5.26 Å². The van der Waals surface area contributed by atoms with Crippen LogP contribution in [0.15, 0.2) is 0 Å². The van der Waals surface area contributed by atoms with Crippen molar-refractivity contribution in [3.8, 4) is 6.07 Å². The minimum Gasteiger partial charge on any atom is -0.378 e. The first-order chi connectivity index (χ1) is 12.2. The summed E-state index contributed by atoms with van der Waals surface area (Å²) < 4.78 is 5.27. The van der Waals surface area contributed by atoms with Crippen molar-refractivity contribution in [1.82, 2.24) is 20.4 Å². The van der Waals surface area contributed by atoms with Gasteiger partial charge in [0.2, 0.25) is 5.91 Å². The zero-order valence-corrected chi connectivity index (χ0v) is 16.3. The summed E-state index contributed by atoms with van der Waals surface area (Å²) >= 11 is 0. The van der Waals surface area contributed by atoms with Crippen LogP contribution in [0.25, 0.3) is 0 Å². The molecular weight excluding hydrogens is 334 g/mol. The maximum atomic E-state index is 13.0. The smallest absolute Gasteiger partial charge is 0.318 e. The number of nitrogens with zero attached hydrogens (tertiary/aromatic N) is 3. The van der Waals surface area contributed by atoms with Crippen molar-refractivity contribution in [3.63, 3.8) is 0 Å². The minimum absolute atomic E-state index is 0.266. The third-order valence-corrected chi connectivity index (χ3v) is 5.11. The van der Waals surface area contributed by atoms with Crippen molar-refractivity contribution in [2.75, 3.05) is 46.4 Å². The number of amides is 3. The van der Waals surface area contributed by atoms with Crippen molar-refractivity contribution >= 4 is 11.9 Å². The molecule has 0 aromatic heterocycles. The Morgan fingerprint density at radius 2 is 1.73 bits per heavy atom. The summed E-state index contributed by atoms with van der Waals surface area (Å²) in [5, 5.41) is 15.5. The molecule has 2 rings (SSSR count). The lowest BCUT2D eigenvalue weighted by atomic mass is 9.84. The third kappa shape index (κ3) is 5.08. The molecule has 1 unspecified atom stereocenters. The fraction of sp³-hybridized carbons (Fsp3) is 0.833. The number of nitriles is 1. The number of hydrogen-bond donors (Lipinski definition) is 2. The Kier molecular flexibility index (Phi) is 6.48. The zero-order valence-electron chi connectivity index (χ0n) is 16.3. The van der Waals surface area contributed by atoms with Crippen LogP contribution in [0.2, 0.25) is 0 Å². The van der Waals surface area contributed by atoms with E-state index in [0.717, 1.165) is 13.1 Å². The lowest BCUT2D eigenvalue weighted by Crippen LogP contribution is -2.62. The van der Waals surface area contributed by atoms with Gasteiger partial charge in [0, 0.05) is 26.2 Å². The Hall–Kier alpha value is -1.85. The Labute approximate surface area is 155 Å². The third-order valence-electron chi connectivity index (χ3n) is 5.11. The van der Waals surface area contributed by atoms with Crippen LogP contribution in [-0.4, -0.2) is 79.8 Å². The monoisotopic (exact) mass is 365 g/mol. The van der Waals surface area contributed by atoms with Crippen LogP contribution in [0.5, 0.6) is 0 Å². The van der Waals surface area contributed by atoms with Crippen molar-refractivity contribution in [2.24, 2.45) is 5.41 Å². The van der Waals surface area contributed by atoms with E-state index in [4.69, 9.17) is 4.74 Å². The molecule has 146 valence electrons. The summed E-state index contributed by atoms with van der Waals surface area (Å²) in [7, 11) is 2.00. The van der Waals surface area contributed by atoms with Crippen molar-refractivity contribution < 1.29 is 14.3 Å². The summed E-state index contributed by atoms with van der Waals surface area (Å²) in [5.74, 6) is -0.301. The maximum Gasteiger partial charge on any atom is 0.318 e. The number of carbonyl (C=O) groups is 2. The Morgan fingerprint density at radius 1 is 1.15 bits per heavy atom. The average molecular weight is 365 g/mol. The van der Waals surface area contributed by atoms with Gasteiger partial charge >= 0.3 is 6.03 Å². The molecule has 8 nitrogen and oxygen atoms in total. The van der Waals surface area contributed by atoms with Gasteiger partial charge in [-0.15, -0.1) is 0 Å². The second-order valence-electron chi connectivity index (χ2n) is 8.33. The molecule has 2 aliphatic heterocycles. The second kappa shape index (κ2) is 8.23. The number of urea groups is 1. The zero-order chi connectivity index (χ0) is 19.4. The maximum absolute atomic E-state index is 13.0. The molecule has 8 heteroatoms. The van der Waals surface area contributed by atoms with Gasteiger partial charge in [-0.25, -0.2) is 4.79 Å². The van der Waals surface area contributed by atoms with Crippen LogP contribution < -0.4 is 10.6 Å². The molecule has 0 radical (unpaired) electrons. The van der Waals surface area contributed by atoms with Crippen LogP contribution in [0.1, 0.15) is 33.6 Å². The molecule has 0 aromatic rings. The second-order valence-corrected chi connectivity index (χ2v) is 8.33. The number of likely N-dealkylation sites (tertiary alicyclic amines) is 1. The highest BCUT2D eigenvalue weighted by atomic mass is 16.5. The van der Waals surface area contributed by atoms with E-state index in [0.29, 0.717) is 39.1 Å². The summed E-state index contributed by atoms with van der Waals surface area (Å²) in [5.41, 5.74) is -1.34. The fourth-order valence-electron chi connectivity index (χ4n) is 3.23. The number of rotatable bonds is 3. The van der Waals surface area contributed by atoms with Crippen LogP contribution in [0.3, 0.4) is 0 Å². The molecule has 26 heavy (non-hydrogen) atoms. The SMILES string of the molecule is CN1CCC(C#N)(NC(=O)C(NC(=O)N2CCOCC2)C(C)(C)C)CC1. The van der Waals surface area contributed by atoms with E-state index in [-0.39, 0.29) is 11.9 Å². The molecule has 2 N–H and O–H groups in total. The first-order valence-corrected chi connectivity index (χ1v) is 9.22. The molecule has 0 aromatic carbocycles. The van der Waals surface area contributed by atoms with Gasteiger partial charge in [-0.05, 0) is 25.3 Å². The molecule has 2 aliphatic rings. The normalized spacial score (nSPS) is 22.2. The van der Waals surface area contributed by atoms with Gasteiger partial charge in [0.25, 0.3) is 0 Å². The molecule has 0 aliphatic carbocycles. The van der Waals surface area contributed by atoms with Crippen molar-refractivity contribution in [3.05, 3.63) is 0 Å². The van der Waals surface area contributed by atoms with Gasteiger partial charge in [-0.1, -0.05) is 20.8 Å². The highest BCUT2D eigenvalue weighted by molar-refractivity contribution is 5.88. The summed E-state index contributed by atoms with van der Waals surface area (Å²) in [4.78, 5) is 29.3. The molecule has 0 saturated carbocycles. The standard InChI is InChI=1S/C18H31N5O3/c1-17(2,3)14(20-16(25)23-9-11-26-12-10-23)15(24)21-18(13-19)5-7-22(4)8-6-18/h14H,5-12H2,1-4H3,(H,20,25)(H,21,24). The molecule has 2 saturated heterocycles. The van der Waals surface area contributed by atoms with E-state index >= 15 is 0 Å². The van der Waals surface area contributed by atoms with Crippen molar-refractivity contribution in [2.45, 2.75) is 45.2 Å². The molecule has 1 atom stereocenters. The van der Waals surface area contributed by atoms with Crippen LogP contribution in [0.4, 0.5) is 4.79 Å². The number of morpholine rings is 1. The van der Waals surface area contributed by atoms with E-state index in [1.165, 1.54) is 0 Å². The fourth-order valence-corrected chi connectivity index (χ4v) is 3.23. The highest BCUT2D eigenvalue weighted by Gasteiger charge is 2.40. The number of piperidine rings is 1. The molecular formula is C18H31N5O3. The summed E-state index contributed by atoms with van der Waals surface area (Å²) in [6.07, 6.45) is 1.17. The summed E-state index contributed by atoms with van der Waals surface area (Å²) in [6.45, 7) is 9.27. The number of ether oxygens (including phenoxy) is 1. The summed E-state index contributed by atoms with van der Waals surface area (Å²) in [6, 6.07) is 1.31. The molecule has 3 amide bonds. The van der Waals surface area contributed by atoms with E-state index in [9.17, 15) is 14.9 Å². The molecule has 2 fully saturated rings. The predicted molar refractivity (Wildman–Crippen MR) is 97.4 cm³/mol. The quantitative estimate of drug-likeness (QED) is 0.761. The van der Waals surface area contributed by atoms with Crippen LogP contribution >= 0.6 is 0 Å². The van der Waals surface area contributed by atoms with E-state index in [1.54, 1.807) is 4.90 Å². The largest absolute Gasteiger partial charge is 0.378 e. The van der Waals surface area contributed by atoms with Gasteiger partial charge in [-0.2, -0.15) is 5.26 Å². The van der Waals surface area contributed by atoms with Gasteiger partial charge in [0.05, 0.1) is 19.3 Å². The Balaban J connectivity index is 2.07. The van der Waals surface area contributed by atoms with Gasteiger partial charge in [0.1, 0.15) is 11.6 Å². The molecule has 0 bridgehead atoms. The first-order valence-electron chi connectivity index (χ1n) is 9.22. The lowest BCUT2D eigenvalue weighted by molar-refractivity contribution is -0.127. The van der Waals surface area contributed by atoms with Gasteiger partial charge in [0.15, 0.2) is 0 Å². The Morgan fingerprint density at radius 3 is 2.23 bits per heavy atom. The van der Waals surface area contributed by atoms with Crippen LogP contribution in [-0.2, 0) is 9.53 Å². The number of carbonyl (C=O) groups excluding carboxylic acids is 2. The van der Waals surface area contributed by atoms with Gasteiger partial charge in [-0.3, -0.25) is 4.79 Å². The van der Waals surface area contributed by atoms with Gasteiger partial charge < -0.3 is 25.2 Å².